The van der Waals surface area contributed by atoms with Crippen LogP contribution in [0.1, 0.15) is 21.0 Å². The summed E-state index contributed by atoms with van der Waals surface area (Å²) in [6.45, 7) is 0. The summed E-state index contributed by atoms with van der Waals surface area (Å²) in [4.78, 5) is 33.7. The van der Waals surface area contributed by atoms with E-state index in [2.05, 4.69) is 20.8 Å². The molecule has 8 nitrogen and oxygen atoms in total. The normalized spacial score (nSPS) is 10.1. The predicted octanol–water partition coefficient (Wildman–Crippen LogP) is 2.59. The first kappa shape index (κ1) is 24.0. The molecule has 0 atom stereocenters. The fourth-order valence-electron chi connectivity index (χ4n) is 2.19. The first-order chi connectivity index (χ1) is 14.3. The molecule has 0 aliphatic rings. The van der Waals surface area contributed by atoms with Crippen LogP contribution in [0.5, 0.6) is 0 Å². The Morgan fingerprint density at radius 2 is 1.17 bits per heavy atom. The zero-order valence-corrected chi connectivity index (χ0v) is 20.0. The molecule has 2 amide bonds. The first-order valence-corrected chi connectivity index (χ1v) is 11.7. The second-order valence-electron chi connectivity index (χ2n) is 5.76. The lowest BCUT2D eigenvalue weighted by atomic mass is 10.2. The number of amides is 2. The van der Waals surface area contributed by atoms with E-state index in [-0.39, 0.29) is 11.4 Å². The van der Waals surface area contributed by atoms with Gasteiger partial charge in [-0.3, -0.25) is 30.5 Å². The van der Waals surface area contributed by atoms with Crippen LogP contribution in [0.2, 0.25) is 0 Å². The minimum absolute atomic E-state index is 0.199. The molecule has 2 aromatic heterocycles. The van der Waals surface area contributed by atoms with E-state index >= 15 is 0 Å². The van der Waals surface area contributed by atoms with Crippen molar-refractivity contribution in [3.8, 4) is 11.4 Å². The number of hydrogen-bond acceptors (Lipinski definition) is 8. The molecule has 2 rings (SSSR count). The van der Waals surface area contributed by atoms with Gasteiger partial charge in [-0.15, -0.1) is 0 Å². The Hall–Kier alpha value is -2.28. The maximum absolute atomic E-state index is 12.5. The zero-order valence-electron chi connectivity index (χ0n) is 16.7. The van der Waals surface area contributed by atoms with Crippen LogP contribution < -0.4 is 10.9 Å². The Kier molecular flexibility index (Phi) is 8.96. The van der Waals surface area contributed by atoms with E-state index in [9.17, 15) is 9.59 Å². The van der Waals surface area contributed by atoms with Crippen molar-refractivity contribution in [3.63, 3.8) is 0 Å². The highest BCUT2D eigenvalue weighted by molar-refractivity contribution is 8.22. The van der Waals surface area contributed by atoms with Gasteiger partial charge in [-0.2, -0.15) is 0 Å². The number of thioether (sulfide) groups is 2. The fraction of sp³-hybridized carbons (Fsp3) is 0.222. The van der Waals surface area contributed by atoms with Crippen LogP contribution >= 0.6 is 48.0 Å². The van der Waals surface area contributed by atoms with E-state index in [1.165, 1.54) is 33.5 Å². The lowest BCUT2D eigenvalue weighted by molar-refractivity contribution is 0.0877. The molecule has 0 bridgehead atoms. The van der Waals surface area contributed by atoms with E-state index in [1.54, 1.807) is 50.5 Å². The lowest BCUT2D eigenvalue weighted by Crippen LogP contribution is -2.41. The van der Waals surface area contributed by atoms with Crippen molar-refractivity contribution < 1.29 is 9.59 Å². The number of aromatic nitrogens is 2. The monoisotopic (exact) mass is 480 g/mol. The third kappa shape index (κ3) is 6.36. The number of pyridine rings is 2. The van der Waals surface area contributed by atoms with Gasteiger partial charge in [-0.25, -0.2) is 9.97 Å². The number of hydrogen-bond donors (Lipinski definition) is 2. The van der Waals surface area contributed by atoms with Crippen LogP contribution in [0, 0.1) is 0 Å². The fourth-order valence-corrected chi connectivity index (χ4v) is 2.92. The molecule has 2 aromatic rings. The van der Waals surface area contributed by atoms with E-state index in [1.807, 2.05) is 12.5 Å². The van der Waals surface area contributed by atoms with Crippen LogP contribution in [0.25, 0.3) is 11.4 Å². The standard InChI is InChI=1S/C18H20N6O2S4/c1-23(17(27)29-3)21-15(25)13-9-5-7-11(19-13)12-8-6-10-14(20-12)16(26)22-24(2)18(28)30-4/h5-10H,1-4H3,(H,21,25)(H,22,26). The average Bonchev–Trinajstić information content (AvgIpc) is 2.77. The molecule has 30 heavy (non-hydrogen) atoms. The van der Waals surface area contributed by atoms with Crippen molar-refractivity contribution >= 4 is 68.4 Å². The van der Waals surface area contributed by atoms with Crippen molar-refractivity contribution in [1.82, 2.24) is 30.8 Å². The van der Waals surface area contributed by atoms with E-state index < -0.39 is 11.8 Å². The van der Waals surface area contributed by atoms with Crippen LogP contribution in [-0.4, -0.2) is 67.0 Å². The van der Waals surface area contributed by atoms with Gasteiger partial charge in [-0.05, 0) is 36.8 Å². The van der Waals surface area contributed by atoms with Crippen LogP contribution in [-0.2, 0) is 0 Å². The summed E-state index contributed by atoms with van der Waals surface area (Å²) < 4.78 is 1.04. The number of thiocarbonyl (C=S) groups is 2. The lowest BCUT2D eigenvalue weighted by Gasteiger charge is -2.19. The Bertz CT molecular complexity index is 894. The number of hydrazine groups is 2. The highest BCUT2D eigenvalue weighted by atomic mass is 32.2. The molecule has 0 spiro atoms. The largest absolute Gasteiger partial charge is 0.288 e. The molecular formula is C18H20N6O2S4. The molecular weight excluding hydrogens is 461 g/mol. The van der Waals surface area contributed by atoms with Crippen LogP contribution in [0.4, 0.5) is 0 Å². The number of nitrogens with one attached hydrogen (secondary N) is 2. The Balaban J connectivity index is 2.21. The zero-order chi connectivity index (χ0) is 22.3. The van der Waals surface area contributed by atoms with Gasteiger partial charge in [0.2, 0.25) is 0 Å². The highest BCUT2D eigenvalue weighted by Crippen LogP contribution is 2.16. The summed E-state index contributed by atoms with van der Waals surface area (Å²) in [7, 11) is 3.31. The van der Waals surface area contributed by atoms with Crippen molar-refractivity contribution in [2.45, 2.75) is 0 Å². The Morgan fingerprint density at radius 1 is 0.800 bits per heavy atom. The molecule has 0 saturated heterocycles. The summed E-state index contributed by atoms with van der Waals surface area (Å²) >= 11 is 13.0. The van der Waals surface area contributed by atoms with Gasteiger partial charge in [0.25, 0.3) is 11.8 Å². The minimum Gasteiger partial charge on any atom is -0.272 e. The quantitative estimate of drug-likeness (QED) is 0.505. The summed E-state index contributed by atoms with van der Waals surface area (Å²) in [6, 6.07) is 10.00. The van der Waals surface area contributed by atoms with Gasteiger partial charge >= 0.3 is 0 Å². The van der Waals surface area contributed by atoms with Crippen LogP contribution in [0.3, 0.4) is 0 Å². The molecule has 12 heteroatoms. The van der Waals surface area contributed by atoms with Gasteiger partial charge in [-0.1, -0.05) is 60.1 Å². The Morgan fingerprint density at radius 3 is 1.50 bits per heavy atom. The third-order valence-corrected chi connectivity index (χ3v) is 6.46. The maximum atomic E-state index is 12.5. The first-order valence-electron chi connectivity index (χ1n) is 8.46. The summed E-state index contributed by atoms with van der Waals surface area (Å²) in [5, 5.41) is 2.91. The molecule has 2 N–H and O–H groups in total. The van der Waals surface area contributed by atoms with Crippen LogP contribution in [0.15, 0.2) is 36.4 Å². The SMILES string of the molecule is CSC(=S)N(C)NC(=O)c1cccc(-c2cccc(C(=O)NN(C)C(=S)SC)n2)n1. The van der Waals surface area contributed by atoms with E-state index in [0.717, 1.165) is 0 Å². The molecule has 0 aliphatic heterocycles. The molecule has 2 heterocycles. The second kappa shape index (κ2) is 11.2. The van der Waals surface area contributed by atoms with E-state index in [0.29, 0.717) is 20.0 Å². The number of carbonyl (C=O) groups is 2. The summed E-state index contributed by atoms with van der Waals surface area (Å²) in [6.07, 6.45) is 3.65. The highest BCUT2D eigenvalue weighted by Gasteiger charge is 2.15. The smallest absolute Gasteiger partial charge is 0.272 e. The summed E-state index contributed by atoms with van der Waals surface area (Å²) in [5.74, 6) is -0.811. The molecule has 0 aromatic carbocycles. The average molecular weight is 481 g/mol. The number of carbonyl (C=O) groups excluding carboxylic acids is 2. The topological polar surface area (TPSA) is 90.5 Å². The van der Waals surface area contributed by atoms with Gasteiger partial charge in [0.1, 0.15) is 11.4 Å². The number of nitrogens with zero attached hydrogens (tertiary/aromatic N) is 4. The maximum Gasteiger partial charge on any atom is 0.288 e. The Labute approximate surface area is 194 Å². The molecule has 0 saturated carbocycles. The molecule has 0 aliphatic carbocycles. The third-order valence-electron chi connectivity index (χ3n) is 3.66. The molecule has 0 radical (unpaired) electrons. The summed E-state index contributed by atoms with van der Waals surface area (Å²) in [5.41, 5.74) is 6.63. The van der Waals surface area contributed by atoms with Gasteiger partial charge in [0.05, 0.1) is 11.4 Å². The molecule has 0 fully saturated rings. The van der Waals surface area contributed by atoms with Crippen molar-refractivity contribution in [2.24, 2.45) is 0 Å². The molecule has 158 valence electrons. The van der Waals surface area contributed by atoms with Crippen molar-refractivity contribution in [2.75, 3.05) is 26.6 Å². The van der Waals surface area contributed by atoms with Crippen molar-refractivity contribution in [1.29, 1.82) is 0 Å². The van der Waals surface area contributed by atoms with Gasteiger partial charge in [0, 0.05) is 14.1 Å². The predicted molar refractivity (Wildman–Crippen MR) is 130 cm³/mol. The number of rotatable bonds is 3. The molecule has 0 unspecified atom stereocenters. The minimum atomic E-state index is -0.406. The van der Waals surface area contributed by atoms with Crippen molar-refractivity contribution in [3.05, 3.63) is 47.8 Å². The van der Waals surface area contributed by atoms with E-state index in [4.69, 9.17) is 24.4 Å². The van der Waals surface area contributed by atoms with Gasteiger partial charge in [0.15, 0.2) is 8.64 Å². The van der Waals surface area contributed by atoms with Gasteiger partial charge < -0.3 is 0 Å². The second-order valence-corrected chi connectivity index (χ2v) is 8.64.